The van der Waals surface area contributed by atoms with E-state index in [1.54, 1.807) is 12.3 Å². The number of hydrogen-bond acceptors (Lipinski definition) is 2. The lowest BCUT2D eigenvalue weighted by molar-refractivity contribution is 0.900. The van der Waals surface area contributed by atoms with E-state index in [4.69, 9.17) is 23.2 Å². The summed E-state index contributed by atoms with van der Waals surface area (Å²) in [6.07, 6.45) is 1.78. The predicted molar refractivity (Wildman–Crippen MR) is 84.7 cm³/mol. The molecule has 3 nitrogen and oxygen atoms in total. The topological polar surface area (TPSA) is 41.1 Å². The predicted octanol–water partition coefficient (Wildman–Crippen LogP) is 4.94. The Kier molecular flexibility index (Phi) is 3.59. The summed E-state index contributed by atoms with van der Waals surface area (Å²) in [5, 5.41) is 10.6. The van der Waals surface area contributed by atoms with Crippen molar-refractivity contribution in [1.82, 2.24) is 9.38 Å². The van der Waals surface area contributed by atoms with Crippen LogP contribution in [0.5, 0.6) is 0 Å². The smallest absolute Gasteiger partial charge is 0.137 e. The van der Waals surface area contributed by atoms with E-state index < -0.39 is 0 Å². The van der Waals surface area contributed by atoms with Gasteiger partial charge in [-0.1, -0.05) is 35.3 Å². The minimum absolute atomic E-state index is 0.302. The molecule has 0 aliphatic heterocycles. The molecule has 0 aliphatic carbocycles. The van der Waals surface area contributed by atoms with Crippen LogP contribution in [0.3, 0.4) is 0 Å². The Morgan fingerprint density at radius 1 is 1.10 bits per heavy atom. The van der Waals surface area contributed by atoms with Crippen LogP contribution in [0.4, 0.5) is 0 Å². The molecular formula is C16H11Cl2N3. The fourth-order valence-electron chi connectivity index (χ4n) is 2.33. The van der Waals surface area contributed by atoms with Gasteiger partial charge < -0.3 is 4.40 Å². The van der Waals surface area contributed by atoms with Crippen molar-refractivity contribution in [3.8, 4) is 17.3 Å². The van der Waals surface area contributed by atoms with Crippen molar-refractivity contribution in [2.75, 3.05) is 0 Å². The van der Waals surface area contributed by atoms with Gasteiger partial charge in [0, 0.05) is 16.8 Å². The molecule has 3 rings (SSSR count). The summed E-state index contributed by atoms with van der Waals surface area (Å²) in [6.45, 7) is 1.85. The van der Waals surface area contributed by atoms with Gasteiger partial charge in [-0.2, -0.15) is 5.26 Å². The molecule has 2 aromatic heterocycles. The number of fused-ring (bicyclic) bond motifs is 1. The third-order valence-electron chi connectivity index (χ3n) is 3.34. The van der Waals surface area contributed by atoms with Crippen molar-refractivity contribution in [2.24, 2.45) is 0 Å². The summed E-state index contributed by atoms with van der Waals surface area (Å²) in [5.74, 6) is -0.302. The van der Waals surface area contributed by atoms with Crippen molar-refractivity contribution in [1.29, 1.82) is 5.26 Å². The minimum Gasteiger partial charge on any atom is -0.301 e. The maximum atomic E-state index is 9.31. The SMILES string of the molecule is CC(C#N)c1c(-c2ccc(Cl)cc2)nc2ccc(Cl)cn12. The summed E-state index contributed by atoms with van der Waals surface area (Å²) in [6, 6.07) is 13.3. The standard InChI is InChI=1S/C16H11Cl2N3/c1-10(8-19)16-15(11-2-4-12(17)5-3-11)20-14-7-6-13(18)9-21(14)16/h2-7,9-10H,1H3. The summed E-state index contributed by atoms with van der Waals surface area (Å²) >= 11 is 12.0. The fourth-order valence-corrected chi connectivity index (χ4v) is 2.62. The molecule has 0 fully saturated rings. The lowest BCUT2D eigenvalue weighted by Crippen LogP contribution is -1.98. The second-order valence-electron chi connectivity index (χ2n) is 4.78. The number of nitriles is 1. The van der Waals surface area contributed by atoms with E-state index in [1.807, 2.05) is 41.7 Å². The van der Waals surface area contributed by atoms with Gasteiger partial charge in [0.15, 0.2) is 0 Å². The van der Waals surface area contributed by atoms with Gasteiger partial charge in [0.05, 0.1) is 28.4 Å². The van der Waals surface area contributed by atoms with Crippen LogP contribution in [0.15, 0.2) is 42.6 Å². The minimum atomic E-state index is -0.302. The number of halogens is 2. The molecule has 0 radical (unpaired) electrons. The molecule has 0 spiro atoms. The second kappa shape index (κ2) is 5.40. The second-order valence-corrected chi connectivity index (χ2v) is 5.65. The van der Waals surface area contributed by atoms with Crippen LogP contribution in [-0.4, -0.2) is 9.38 Å². The fraction of sp³-hybridized carbons (Fsp3) is 0.125. The van der Waals surface area contributed by atoms with E-state index in [-0.39, 0.29) is 5.92 Å². The molecule has 5 heteroatoms. The van der Waals surface area contributed by atoms with Gasteiger partial charge in [0.25, 0.3) is 0 Å². The van der Waals surface area contributed by atoms with Gasteiger partial charge in [-0.3, -0.25) is 0 Å². The number of imidazole rings is 1. The number of benzene rings is 1. The first kappa shape index (κ1) is 13.9. The lowest BCUT2D eigenvalue weighted by atomic mass is 10.0. The molecule has 21 heavy (non-hydrogen) atoms. The molecule has 0 N–H and O–H groups in total. The van der Waals surface area contributed by atoms with Crippen LogP contribution in [0.25, 0.3) is 16.9 Å². The first-order valence-electron chi connectivity index (χ1n) is 6.43. The average Bonchev–Trinajstić information content (AvgIpc) is 2.85. The normalized spacial score (nSPS) is 12.3. The zero-order valence-corrected chi connectivity index (χ0v) is 12.7. The number of rotatable bonds is 2. The Bertz CT molecular complexity index is 844. The van der Waals surface area contributed by atoms with E-state index in [9.17, 15) is 5.26 Å². The van der Waals surface area contributed by atoms with E-state index in [1.165, 1.54) is 0 Å². The van der Waals surface area contributed by atoms with E-state index >= 15 is 0 Å². The molecule has 0 saturated carbocycles. The highest BCUT2D eigenvalue weighted by Crippen LogP contribution is 2.31. The van der Waals surface area contributed by atoms with E-state index in [0.717, 1.165) is 22.6 Å². The van der Waals surface area contributed by atoms with Crippen molar-refractivity contribution >= 4 is 28.8 Å². The molecule has 0 amide bonds. The van der Waals surface area contributed by atoms with Gasteiger partial charge in [0.1, 0.15) is 5.65 Å². The number of pyridine rings is 1. The third-order valence-corrected chi connectivity index (χ3v) is 3.82. The molecule has 1 atom stereocenters. The molecule has 0 aliphatic rings. The van der Waals surface area contributed by atoms with Crippen molar-refractivity contribution in [3.63, 3.8) is 0 Å². The van der Waals surface area contributed by atoms with Crippen LogP contribution in [-0.2, 0) is 0 Å². The van der Waals surface area contributed by atoms with E-state index in [0.29, 0.717) is 10.0 Å². The first-order chi connectivity index (χ1) is 10.1. The van der Waals surface area contributed by atoms with Crippen LogP contribution in [0.2, 0.25) is 10.0 Å². The van der Waals surface area contributed by atoms with Crippen LogP contribution in [0, 0.1) is 11.3 Å². The summed E-state index contributed by atoms with van der Waals surface area (Å²) in [7, 11) is 0. The molecule has 104 valence electrons. The molecular weight excluding hydrogens is 305 g/mol. The van der Waals surface area contributed by atoms with Crippen molar-refractivity contribution < 1.29 is 0 Å². The molecule has 1 unspecified atom stereocenters. The molecule has 1 aromatic carbocycles. The third kappa shape index (κ3) is 2.49. The summed E-state index contributed by atoms with van der Waals surface area (Å²) in [5.41, 5.74) is 3.30. The van der Waals surface area contributed by atoms with Gasteiger partial charge in [-0.15, -0.1) is 0 Å². The maximum Gasteiger partial charge on any atom is 0.137 e. The number of nitrogens with zero attached hydrogens (tertiary/aromatic N) is 3. The van der Waals surface area contributed by atoms with Crippen LogP contribution < -0.4 is 0 Å². The Balaban J connectivity index is 2.31. The highest BCUT2D eigenvalue weighted by Gasteiger charge is 2.19. The average molecular weight is 316 g/mol. The summed E-state index contributed by atoms with van der Waals surface area (Å²) in [4.78, 5) is 4.63. The Morgan fingerprint density at radius 3 is 2.43 bits per heavy atom. The van der Waals surface area contributed by atoms with Gasteiger partial charge in [0.2, 0.25) is 0 Å². The van der Waals surface area contributed by atoms with Gasteiger partial charge in [-0.25, -0.2) is 4.98 Å². The first-order valence-corrected chi connectivity index (χ1v) is 7.19. The number of hydrogen-bond donors (Lipinski definition) is 0. The van der Waals surface area contributed by atoms with Crippen molar-refractivity contribution in [2.45, 2.75) is 12.8 Å². The molecule has 3 aromatic rings. The number of aromatic nitrogens is 2. The van der Waals surface area contributed by atoms with Gasteiger partial charge in [-0.05, 0) is 31.2 Å². The summed E-state index contributed by atoms with van der Waals surface area (Å²) < 4.78 is 1.88. The quantitative estimate of drug-likeness (QED) is 0.672. The van der Waals surface area contributed by atoms with Crippen LogP contribution in [0.1, 0.15) is 18.5 Å². The van der Waals surface area contributed by atoms with Gasteiger partial charge >= 0.3 is 0 Å². The Labute approximate surface area is 132 Å². The zero-order valence-electron chi connectivity index (χ0n) is 11.2. The largest absolute Gasteiger partial charge is 0.301 e. The molecule has 0 saturated heterocycles. The van der Waals surface area contributed by atoms with Crippen molar-refractivity contribution in [3.05, 3.63) is 58.3 Å². The maximum absolute atomic E-state index is 9.31. The Morgan fingerprint density at radius 2 is 1.76 bits per heavy atom. The Hall–Kier alpha value is -2.02. The zero-order chi connectivity index (χ0) is 15.0. The molecule has 2 heterocycles. The highest BCUT2D eigenvalue weighted by molar-refractivity contribution is 6.30. The van der Waals surface area contributed by atoms with Crippen LogP contribution >= 0.6 is 23.2 Å². The lowest BCUT2D eigenvalue weighted by Gasteiger charge is -2.07. The monoisotopic (exact) mass is 315 g/mol. The van der Waals surface area contributed by atoms with E-state index in [2.05, 4.69) is 11.1 Å². The highest BCUT2D eigenvalue weighted by atomic mass is 35.5. The molecule has 0 bridgehead atoms.